The molecule has 3 aliphatic heterocycles. The average molecular weight is 356 g/mol. The number of aromatic nitrogens is 2. The predicted molar refractivity (Wildman–Crippen MR) is 81.4 cm³/mol. The summed E-state index contributed by atoms with van der Waals surface area (Å²) in [6.07, 6.45) is -0.121. The quantitative estimate of drug-likeness (QED) is 0.829. The van der Waals surface area contributed by atoms with Crippen LogP contribution in [-0.2, 0) is 4.79 Å². The molecule has 2 amide bonds. The summed E-state index contributed by atoms with van der Waals surface area (Å²) in [5, 5.41) is 0. The summed E-state index contributed by atoms with van der Waals surface area (Å²) in [5.41, 5.74) is 0.235. The van der Waals surface area contributed by atoms with Crippen LogP contribution in [0.1, 0.15) is 36.2 Å². The van der Waals surface area contributed by atoms with Gasteiger partial charge in [0.05, 0.1) is 12.6 Å². The molecule has 3 saturated heterocycles. The number of carbonyl (C=O) groups excluding carboxylic acids is 2. The lowest BCUT2D eigenvalue weighted by atomic mass is 9.94. The maximum Gasteiger partial charge on any atom is 0.389 e. The third kappa shape index (κ3) is 4.26. The molecular formula is C16H19F3N4O2. The second-order valence-corrected chi connectivity index (χ2v) is 6.56. The Bertz CT molecular complexity index is 638. The van der Waals surface area contributed by atoms with Gasteiger partial charge in [-0.1, -0.05) is 0 Å². The van der Waals surface area contributed by atoms with Crippen LogP contribution >= 0.6 is 0 Å². The Morgan fingerprint density at radius 2 is 1.96 bits per heavy atom. The van der Waals surface area contributed by atoms with Gasteiger partial charge in [-0.05, 0) is 18.8 Å². The van der Waals surface area contributed by atoms with Crippen LogP contribution in [0.2, 0.25) is 0 Å². The maximum absolute atomic E-state index is 12.6. The lowest BCUT2D eigenvalue weighted by molar-refractivity contribution is -0.151. The van der Waals surface area contributed by atoms with Crippen LogP contribution in [0.5, 0.6) is 0 Å². The fourth-order valence-electron chi connectivity index (χ4n) is 3.52. The van der Waals surface area contributed by atoms with Gasteiger partial charge in [-0.3, -0.25) is 14.6 Å². The van der Waals surface area contributed by atoms with Crippen LogP contribution in [0.4, 0.5) is 13.2 Å². The first-order valence-corrected chi connectivity index (χ1v) is 8.25. The van der Waals surface area contributed by atoms with Crippen LogP contribution in [0.15, 0.2) is 18.6 Å². The van der Waals surface area contributed by atoms with E-state index in [2.05, 4.69) is 9.97 Å². The molecule has 0 N–H and O–H groups in total. The normalized spacial score (nSPS) is 23.5. The Hall–Kier alpha value is -2.19. The van der Waals surface area contributed by atoms with E-state index in [1.807, 2.05) is 0 Å². The second kappa shape index (κ2) is 6.97. The molecule has 3 fully saturated rings. The molecule has 2 atom stereocenters. The molecule has 0 aliphatic carbocycles. The Balaban J connectivity index is 1.68. The van der Waals surface area contributed by atoms with E-state index >= 15 is 0 Å². The van der Waals surface area contributed by atoms with Crippen LogP contribution in [0.25, 0.3) is 0 Å². The van der Waals surface area contributed by atoms with Crippen molar-refractivity contribution in [2.75, 3.05) is 19.6 Å². The molecule has 0 aromatic carbocycles. The van der Waals surface area contributed by atoms with E-state index in [1.54, 1.807) is 4.90 Å². The Kier molecular flexibility index (Phi) is 4.91. The summed E-state index contributed by atoms with van der Waals surface area (Å²) in [7, 11) is 0. The average Bonchev–Trinajstić information content (AvgIpc) is 2.91. The lowest BCUT2D eigenvalue weighted by Crippen LogP contribution is -2.47. The summed E-state index contributed by atoms with van der Waals surface area (Å²) >= 11 is 0. The number of carbonyl (C=O) groups is 2. The number of amides is 2. The molecular weight excluding hydrogens is 337 g/mol. The van der Waals surface area contributed by atoms with Gasteiger partial charge in [0, 0.05) is 44.5 Å². The highest BCUT2D eigenvalue weighted by atomic mass is 19.4. The molecule has 136 valence electrons. The van der Waals surface area contributed by atoms with Crippen LogP contribution in [0.3, 0.4) is 0 Å². The van der Waals surface area contributed by atoms with Gasteiger partial charge in [0.2, 0.25) is 5.91 Å². The minimum absolute atomic E-state index is 0.0780. The molecule has 0 radical (unpaired) electrons. The fraction of sp³-hybridized carbons (Fsp3) is 0.625. The minimum Gasteiger partial charge on any atom is -0.338 e. The number of hydrogen-bond acceptors (Lipinski definition) is 4. The molecule has 6 nitrogen and oxygen atoms in total. The van der Waals surface area contributed by atoms with Crippen LogP contribution in [0, 0.1) is 5.92 Å². The monoisotopic (exact) mass is 356 g/mol. The third-order valence-electron chi connectivity index (χ3n) is 4.73. The third-order valence-corrected chi connectivity index (χ3v) is 4.73. The first-order valence-electron chi connectivity index (χ1n) is 8.25. The second-order valence-electron chi connectivity index (χ2n) is 6.56. The van der Waals surface area contributed by atoms with Crippen molar-refractivity contribution in [3.63, 3.8) is 0 Å². The standard InChI is InChI=1S/C16H19F3N4O2/c17-16(18,19)4-3-14(24)23-9-11-1-2-12(23)10-22(8-11)15(25)13-7-20-5-6-21-13/h5-7,11-12H,1-4,8-10H2/t11-,12+/m1/s1. The summed E-state index contributed by atoms with van der Waals surface area (Å²) in [6, 6.07) is -0.236. The van der Waals surface area contributed by atoms with Crippen molar-refractivity contribution in [1.82, 2.24) is 19.8 Å². The number of rotatable bonds is 3. The molecule has 2 bridgehead atoms. The van der Waals surface area contributed by atoms with Crippen molar-refractivity contribution in [2.24, 2.45) is 5.92 Å². The van der Waals surface area contributed by atoms with Gasteiger partial charge in [-0.25, -0.2) is 4.98 Å². The van der Waals surface area contributed by atoms with Crippen molar-refractivity contribution in [3.05, 3.63) is 24.3 Å². The highest BCUT2D eigenvalue weighted by Crippen LogP contribution is 2.30. The zero-order valence-electron chi connectivity index (χ0n) is 13.6. The fourth-order valence-corrected chi connectivity index (χ4v) is 3.52. The van der Waals surface area contributed by atoms with E-state index in [0.29, 0.717) is 26.1 Å². The van der Waals surface area contributed by atoms with Gasteiger partial charge < -0.3 is 9.80 Å². The van der Waals surface area contributed by atoms with Gasteiger partial charge in [-0.15, -0.1) is 0 Å². The molecule has 3 aliphatic rings. The lowest BCUT2D eigenvalue weighted by Gasteiger charge is -2.36. The smallest absolute Gasteiger partial charge is 0.338 e. The van der Waals surface area contributed by atoms with Crippen molar-refractivity contribution in [3.8, 4) is 0 Å². The summed E-state index contributed by atoms with van der Waals surface area (Å²) in [5.74, 6) is -0.662. The van der Waals surface area contributed by atoms with E-state index < -0.39 is 24.9 Å². The molecule has 4 rings (SSSR count). The number of alkyl halides is 3. The Labute approximate surface area is 143 Å². The zero-order valence-corrected chi connectivity index (χ0v) is 13.6. The van der Waals surface area contributed by atoms with Gasteiger partial charge >= 0.3 is 6.18 Å². The highest BCUT2D eigenvalue weighted by Gasteiger charge is 2.39. The molecule has 0 spiro atoms. The summed E-state index contributed by atoms with van der Waals surface area (Å²) in [6.45, 7) is 1.21. The predicted octanol–water partition coefficient (Wildman–Crippen LogP) is 1.88. The first-order chi connectivity index (χ1) is 11.8. The van der Waals surface area contributed by atoms with Crippen molar-refractivity contribution in [2.45, 2.75) is 37.9 Å². The topological polar surface area (TPSA) is 66.4 Å². The van der Waals surface area contributed by atoms with Crippen molar-refractivity contribution in [1.29, 1.82) is 0 Å². The largest absolute Gasteiger partial charge is 0.389 e. The van der Waals surface area contributed by atoms with E-state index in [9.17, 15) is 22.8 Å². The van der Waals surface area contributed by atoms with Gasteiger partial charge in [0.25, 0.3) is 5.91 Å². The van der Waals surface area contributed by atoms with E-state index in [1.165, 1.54) is 23.5 Å². The Morgan fingerprint density at radius 1 is 1.16 bits per heavy atom. The summed E-state index contributed by atoms with van der Waals surface area (Å²) < 4.78 is 37.1. The maximum atomic E-state index is 12.6. The molecule has 9 heteroatoms. The van der Waals surface area contributed by atoms with Crippen LogP contribution < -0.4 is 0 Å². The van der Waals surface area contributed by atoms with Gasteiger partial charge in [-0.2, -0.15) is 13.2 Å². The number of nitrogens with zero attached hydrogens (tertiary/aromatic N) is 4. The van der Waals surface area contributed by atoms with Gasteiger partial charge in [0.15, 0.2) is 0 Å². The molecule has 0 saturated carbocycles. The van der Waals surface area contributed by atoms with Crippen molar-refractivity contribution >= 4 is 11.8 Å². The SMILES string of the molecule is O=C(c1cnccn1)N1C[C@H]2CC[C@@H](C1)N(C(=O)CCC(F)(F)F)C2. The number of hydrogen-bond donors (Lipinski definition) is 0. The molecule has 25 heavy (non-hydrogen) atoms. The van der Waals surface area contributed by atoms with Crippen LogP contribution in [-0.4, -0.2) is 63.4 Å². The highest BCUT2D eigenvalue weighted by molar-refractivity contribution is 5.92. The van der Waals surface area contributed by atoms with E-state index in [-0.39, 0.29) is 23.6 Å². The zero-order chi connectivity index (χ0) is 18.0. The van der Waals surface area contributed by atoms with E-state index in [0.717, 1.165) is 6.42 Å². The summed E-state index contributed by atoms with van der Waals surface area (Å²) in [4.78, 5) is 35.9. The van der Waals surface area contributed by atoms with Crippen molar-refractivity contribution < 1.29 is 22.8 Å². The Morgan fingerprint density at radius 3 is 2.64 bits per heavy atom. The first kappa shape index (κ1) is 17.6. The number of fused-ring (bicyclic) bond motifs is 4. The van der Waals surface area contributed by atoms with E-state index in [4.69, 9.17) is 0 Å². The number of piperidine rings is 1. The molecule has 0 unspecified atom stereocenters. The number of halogens is 3. The minimum atomic E-state index is -4.34. The molecule has 1 aromatic rings. The molecule has 4 heterocycles. The molecule has 1 aromatic heterocycles. The van der Waals surface area contributed by atoms with Gasteiger partial charge in [0.1, 0.15) is 5.69 Å².